The first kappa shape index (κ1) is 12.8. The molecule has 18 heavy (non-hydrogen) atoms. The molecule has 1 aliphatic carbocycles. The van der Waals surface area contributed by atoms with Gasteiger partial charge in [-0.2, -0.15) is 0 Å². The molecule has 0 radical (unpaired) electrons. The summed E-state index contributed by atoms with van der Waals surface area (Å²) in [7, 11) is 1.64. The molecule has 0 aromatic heterocycles. The van der Waals surface area contributed by atoms with Crippen molar-refractivity contribution >= 4 is 0 Å². The second-order valence-corrected chi connectivity index (χ2v) is 4.62. The van der Waals surface area contributed by atoms with E-state index in [1.165, 1.54) is 0 Å². The number of methoxy groups -OCH3 is 1. The van der Waals surface area contributed by atoms with E-state index in [0.29, 0.717) is 12.5 Å². The monoisotopic (exact) mass is 249 g/mol. The van der Waals surface area contributed by atoms with Crippen LogP contribution in [-0.4, -0.2) is 24.4 Å². The zero-order valence-electron chi connectivity index (χ0n) is 10.6. The average Bonchev–Trinajstić information content (AvgIpc) is 3.17. The van der Waals surface area contributed by atoms with Crippen molar-refractivity contribution in [2.24, 2.45) is 0 Å². The number of hydrogen-bond donors (Lipinski definition) is 2. The molecule has 0 spiro atoms. The van der Waals surface area contributed by atoms with Gasteiger partial charge in [-0.3, -0.25) is 0 Å². The Bertz CT molecular complexity index is 410. The number of aliphatic hydroxyl groups is 1. The molecule has 0 aliphatic heterocycles. The number of nitrogens with one attached hydrogen (secondary N) is 1. The third-order valence-corrected chi connectivity index (χ3v) is 3.13. The van der Waals surface area contributed by atoms with Crippen molar-refractivity contribution < 1.29 is 14.6 Å². The molecule has 0 unspecified atom stereocenters. The maximum atomic E-state index is 9.18. The minimum Gasteiger partial charge on any atom is -0.497 e. The molecule has 98 valence electrons. The molecule has 1 aromatic carbocycles. The van der Waals surface area contributed by atoms with Crippen LogP contribution in [0.2, 0.25) is 0 Å². The first-order chi connectivity index (χ1) is 8.67. The predicted octanol–water partition coefficient (Wildman–Crippen LogP) is 1.80. The molecule has 0 heterocycles. The van der Waals surface area contributed by atoms with Crippen molar-refractivity contribution in [2.75, 3.05) is 13.7 Å². The van der Waals surface area contributed by atoms with Gasteiger partial charge >= 0.3 is 0 Å². The maximum absolute atomic E-state index is 9.18. The molecule has 4 heteroatoms. The van der Waals surface area contributed by atoms with Gasteiger partial charge in [0.1, 0.15) is 12.4 Å². The van der Waals surface area contributed by atoms with Crippen LogP contribution < -0.4 is 10.1 Å². The minimum atomic E-state index is -0.184. The van der Waals surface area contributed by atoms with Crippen LogP contribution in [0.5, 0.6) is 5.75 Å². The fourth-order valence-corrected chi connectivity index (χ4v) is 1.70. The lowest BCUT2D eigenvalue weighted by Gasteiger charge is -2.18. The Morgan fingerprint density at radius 2 is 2.06 bits per heavy atom. The first-order valence-electron chi connectivity index (χ1n) is 6.01. The zero-order valence-corrected chi connectivity index (χ0v) is 10.6. The van der Waals surface area contributed by atoms with Crippen molar-refractivity contribution in [1.29, 1.82) is 0 Å². The Kier molecular flexibility index (Phi) is 3.77. The van der Waals surface area contributed by atoms with Crippen molar-refractivity contribution in [3.05, 3.63) is 42.3 Å². The summed E-state index contributed by atoms with van der Waals surface area (Å²) in [4.78, 5) is 0. The van der Waals surface area contributed by atoms with E-state index in [2.05, 4.69) is 11.9 Å². The highest BCUT2D eigenvalue weighted by atomic mass is 16.5. The zero-order chi connectivity index (χ0) is 13.0. The Morgan fingerprint density at radius 3 is 2.56 bits per heavy atom. The number of hydrogen-bond acceptors (Lipinski definition) is 4. The first-order valence-corrected chi connectivity index (χ1v) is 6.01. The summed E-state index contributed by atoms with van der Waals surface area (Å²) in [6.07, 6.45) is 1.93. The summed E-state index contributed by atoms with van der Waals surface area (Å²) in [6.45, 7) is 4.39. The smallest absolute Gasteiger partial charge is 0.180 e. The van der Waals surface area contributed by atoms with Gasteiger partial charge < -0.3 is 19.9 Å². The highest BCUT2D eigenvalue weighted by molar-refractivity contribution is 5.26. The van der Waals surface area contributed by atoms with Gasteiger partial charge in [0.2, 0.25) is 0 Å². The van der Waals surface area contributed by atoms with Crippen molar-refractivity contribution in [3.63, 3.8) is 0 Å². The number of rotatable bonds is 7. The minimum absolute atomic E-state index is 0.123. The fourth-order valence-electron chi connectivity index (χ4n) is 1.70. The second-order valence-electron chi connectivity index (χ2n) is 4.62. The highest BCUT2D eigenvalue weighted by Gasteiger charge is 2.42. The summed E-state index contributed by atoms with van der Waals surface area (Å²) in [6, 6.07) is 7.69. The van der Waals surface area contributed by atoms with Gasteiger partial charge in [-0.15, -0.1) is 0 Å². The average molecular weight is 249 g/mol. The van der Waals surface area contributed by atoms with E-state index < -0.39 is 0 Å². The van der Waals surface area contributed by atoms with Gasteiger partial charge in [-0.25, -0.2) is 0 Å². The highest BCUT2D eigenvalue weighted by Crippen LogP contribution is 2.35. The van der Waals surface area contributed by atoms with Crippen molar-refractivity contribution in [3.8, 4) is 5.75 Å². The van der Waals surface area contributed by atoms with Crippen molar-refractivity contribution in [2.45, 2.75) is 25.0 Å². The molecule has 1 saturated carbocycles. The van der Waals surface area contributed by atoms with Crippen LogP contribution in [0.1, 0.15) is 18.4 Å². The van der Waals surface area contributed by atoms with Gasteiger partial charge in [-0.05, 0) is 37.1 Å². The third kappa shape index (κ3) is 3.17. The lowest BCUT2D eigenvalue weighted by molar-refractivity contribution is 0.151. The largest absolute Gasteiger partial charge is 0.497 e. The van der Waals surface area contributed by atoms with E-state index >= 15 is 0 Å². The van der Waals surface area contributed by atoms with Crippen LogP contribution in [0, 0.1) is 0 Å². The Balaban J connectivity index is 1.78. The molecule has 0 saturated heterocycles. The van der Waals surface area contributed by atoms with Gasteiger partial charge in [0.05, 0.1) is 19.3 Å². The van der Waals surface area contributed by atoms with Crippen LogP contribution in [-0.2, 0) is 11.3 Å². The summed E-state index contributed by atoms with van der Waals surface area (Å²) >= 11 is 0. The quantitative estimate of drug-likeness (QED) is 0.723. The topological polar surface area (TPSA) is 50.7 Å². The molecule has 2 N–H and O–H groups in total. The van der Waals surface area contributed by atoms with Gasteiger partial charge in [0.25, 0.3) is 0 Å². The standard InChI is InChI=1S/C14H19NO3/c1-11(15-14(10-16)7-8-14)18-9-12-3-5-13(17-2)6-4-12/h3-6,15-16H,1,7-10H2,2H3. The molecule has 0 bridgehead atoms. The number of aliphatic hydroxyl groups excluding tert-OH is 1. The normalized spacial score (nSPS) is 15.9. The van der Waals surface area contributed by atoms with Gasteiger partial charge in [0.15, 0.2) is 5.88 Å². The Morgan fingerprint density at radius 1 is 1.39 bits per heavy atom. The number of benzene rings is 1. The lowest BCUT2D eigenvalue weighted by atomic mass is 10.2. The molecule has 2 rings (SSSR count). The van der Waals surface area contributed by atoms with Crippen LogP contribution in [0.25, 0.3) is 0 Å². The Hall–Kier alpha value is -1.68. The van der Waals surface area contributed by atoms with E-state index in [1.54, 1.807) is 7.11 Å². The van der Waals surface area contributed by atoms with Crippen LogP contribution in [0.3, 0.4) is 0 Å². The van der Waals surface area contributed by atoms with Crippen LogP contribution >= 0.6 is 0 Å². The SMILES string of the molecule is C=C(NC1(CO)CC1)OCc1ccc(OC)cc1. The van der Waals surface area contributed by atoms with Gasteiger partial charge in [0, 0.05) is 0 Å². The van der Waals surface area contributed by atoms with E-state index in [0.717, 1.165) is 24.2 Å². The summed E-state index contributed by atoms with van der Waals surface area (Å²) in [5.41, 5.74) is 0.865. The predicted molar refractivity (Wildman–Crippen MR) is 69.1 cm³/mol. The molecule has 1 aromatic rings. The summed E-state index contributed by atoms with van der Waals surface area (Å²) in [5, 5.41) is 12.3. The molecule has 1 aliphatic rings. The molecular weight excluding hydrogens is 230 g/mol. The molecule has 1 fully saturated rings. The number of ether oxygens (including phenoxy) is 2. The maximum Gasteiger partial charge on any atom is 0.180 e. The lowest BCUT2D eigenvalue weighted by Crippen LogP contribution is -2.34. The van der Waals surface area contributed by atoms with E-state index in [-0.39, 0.29) is 12.1 Å². The molecule has 0 atom stereocenters. The Labute approximate surface area is 107 Å². The van der Waals surface area contributed by atoms with Crippen LogP contribution in [0.4, 0.5) is 0 Å². The van der Waals surface area contributed by atoms with Crippen LogP contribution in [0.15, 0.2) is 36.7 Å². The van der Waals surface area contributed by atoms with Gasteiger partial charge in [-0.1, -0.05) is 12.1 Å². The van der Waals surface area contributed by atoms with Crippen molar-refractivity contribution in [1.82, 2.24) is 5.32 Å². The van der Waals surface area contributed by atoms with E-state index in [4.69, 9.17) is 9.47 Å². The molecule has 0 amide bonds. The second kappa shape index (κ2) is 5.31. The van der Waals surface area contributed by atoms with E-state index in [9.17, 15) is 5.11 Å². The van der Waals surface area contributed by atoms with E-state index in [1.807, 2.05) is 24.3 Å². The fraction of sp³-hybridized carbons (Fsp3) is 0.429. The summed E-state index contributed by atoms with van der Waals surface area (Å²) < 4.78 is 10.6. The summed E-state index contributed by atoms with van der Waals surface area (Å²) in [5.74, 6) is 1.34. The third-order valence-electron chi connectivity index (χ3n) is 3.13. The molecule has 4 nitrogen and oxygen atoms in total. The molecular formula is C14H19NO3.